The van der Waals surface area contributed by atoms with E-state index in [2.05, 4.69) is 4.98 Å². The Bertz CT molecular complexity index is 608. The largest absolute Gasteiger partial charge is 0.324 e. The second-order valence-electron chi connectivity index (χ2n) is 5.58. The molecule has 2 aromatic rings. The van der Waals surface area contributed by atoms with Crippen LogP contribution in [0.4, 0.5) is 4.39 Å². The van der Waals surface area contributed by atoms with Gasteiger partial charge in [0.2, 0.25) is 5.28 Å². The lowest BCUT2D eigenvalue weighted by Gasteiger charge is -2.21. The van der Waals surface area contributed by atoms with Crippen LogP contribution in [0.15, 0.2) is 18.3 Å². The summed E-state index contributed by atoms with van der Waals surface area (Å²) in [5.74, 6) is -0.375. The fraction of sp³-hybridized carbons (Fsp3) is 0.357. The van der Waals surface area contributed by atoms with Crippen molar-refractivity contribution in [2.24, 2.45) is 7.05 Å². The normalized spacial score (nSPS) is 11.9. The highest BCUT2D eigenvalue weighted by Gasteiger charge is 2.22. The molecule has 0 aliphatic rings. The zero-order valence-corrected chi connectivity index (χ0v) is 12.8. The number of halogens is 3. The van der Waals surface area contributed by atoms with Gasteiger partial charge in [0.05, 0.1) is 10.7 Å². The molecule has 5 heteroatoms. The summed E-state index contributed by atoms with van der Waals surface area (Å²) in [5.41, 5.74) is 1.68. The summed E-state index contributed by atoms with van der Waals surface area (Å²) >= 11 is 11.9. The number of aromatic nitrogens is 2. The molecule has 0 atom stereocenters. The van der Waals surface area contributed by atoms with E-state index in [9.17, 15) is 4.39 Å². The lowest BCUT2D eigenvalue weighted by molar-refractivity contribution is 0.523. The van der Waals surface area contributed by atoms with Crippen molar-refractivity contribution in [2.45, 2.75) is 26.2 Å². The number of hydrogen-bond acceptors (Lipinski definition) is 1. The summed E-state index contributed by atoms with van der Waals surface area (Å²) in [7, 11) is 1.80. The smallest absolute Gasteiger partial charge is 0.203 e. The molecule has 2 rings (SSSR count). The Morgan fingerprint density at radius 3 is 2.32 bits per heavy atom. The van der Waals surface area contributed by atoms with Crippen molar-refractivity contribution in [3.8, 4) is 11.3 Å². The summed E-state index contributed by atoms with van der Waals surface area (Å²) in [6, 6.07) is 3.35. The maximum absolute atomic E-state index is 14.1. The highest BCUT2D eigenvalue weighted by molar-refractivity contribution is 6.31. The van der Waals surface area contributed by atoms with E-state index >= 15 is 0 Å². The van der Waals surface area contributed by atoms with Crippen LogP contribution in [0.1, 0.15) is 26.3 Å². The number of aryl methyl sites for hydroxylation is 1. The number of hydrogen-bond donors (Lipinski definition) is 0. The number of rotatable bonds is 1. The predicted octanol–water partition coefficient (Wildman–Crippen LogP) is 4.83. The zero-order valence-electron chi connectivity index (χ0n) is 11.3. The first-order valence-corrected chi connectivity index (χ1v) is 6.64. The van der Waals surface area contributed by atoms with E-state index in [0.29, 0.717) is 16.5 Å². The summed E-state index contributed by atoms with van der Waals surface area (Å²) in [6.07, 6.45) is 1.79. The average Bonchev–Trinajstić information content (AvgIpc) is 2.61. The maximum Gasteiger partial charge on any atom is 0.203 e. The van der Waals surface area contributed by atoms with Gasteiger partial charge in [0.25, 0.3) is 0 Å². The molecule has 0 saturated heterocycles. The molecule has 0 unspecified atom stereocenters. The van der Waals surface area contributed by atoms with Crippen molar-refractivity contribution < 1.29 is 4.39 Å². The van der Waals surface area contributed by atoms with Gasteiger partial charge in [-0.1, -0.05) is 32.4 Å². The Morgan fingerprint density at radius 2 is 1.84 bits per heavy atom. The average molecular weight is 301 g/mol. The minimum absolute atomic E-state index is 0.101. The van der Waals surface area contributed by atoms with Crippen LogP contribution >= 0.6 is 23.2 Å². The van der Waals surface area contributed by atoms with Crippen LogP contribution in [0.25, 0.3) is 11.3 Å². The quantitative estimate of drug-likeness (QED) is 0.737. The van der Waals surface area contributed by atoms with Gasteiger partial charge < -0.3 is 4.57 Å². The molecule has 1 heterocycles. The fourth-order valence-corrected chi connectivity index (χ4v) is 2.22. The molecule has 2 nitrogen and oxygen atoms in total. The van der Waals surface area contributed by atoms with Crippen molar-refractivity contribution in [2.75, 3.05) is 0 Å². The molecule has 0 N–H and O–H groups in total. The first-order chi connectivity index (χ1) is 8.70. The Kier molecular flexibility index (Phi) is 3.63. The van der Waals surface area contributed by atoms with Crippen LogP contribution in [-0.4, -0.2) is 9.55 Å². The fourth-order valence-electron chi connectivity index (χ4n) is 1.87. The molecule has 1 aromatic carbocycles. The molecule has 19 heavy (non-hydrogen) atoms. The molecular weight excluding hydrogens is 286 g/mol. The summed E-state index contributed by atoms with van der Waals surface area (Å²) < 4.78 is 15.8. The third kappa shape index (κ3) is 2.77. The van der Waals surface area contributed by atoms with Gasteiger partial charge in [-0.25, -0.2) is 9.37 Å². The molecule has 0 fully saturated rings. The van der Waals surface area contributed by atoms with Gasteiger partial charge in [-0.2, -0.15) is 0 Å². The Balaban J connectivity index is 2.63. The minimum Gasteiger partial charge on any atom is -0.324 e. The highest BCUT2D eigenvalue weighted by atomic mass is 35.5. The van der Waals surface area contributed by atoms with E-state index in [0.717, 1.165) is 5.56 Å². The van der Waals surface area contributed by atoms with E-state index in [4.69, 9.17) is 23.2 Å². The molecule has 0 aliphatic heterocycles. The second kappa shape index (κ2) is 4.80. The van der Waals surface area contributed by atoms with Crippen LogP contribution in [0.3, 0.4) is 0 Å². The van der Waals surface area contributed by atoms with E-state index in [1.165, 1.54) is 0 Å². The van der Waals surface area contributed by atoms with Gasteiger partial charge in [-0.15, -0.1) is 0 Å². The summed E-state index contributed by atoms with van der Waals surface area (Å²) in [5, 5.41) is 0.483. The first kappa shape index (κ1) is 14.4. The Hall–Kier alpha value is -1.06. The summed E-state index contributed by atoms with van der Waals surface area (Å²) in [6.45, 7) is 5.82. The highest BCUT2D eigenvalue weighted by Crippen LogP contribution is 2.34. The van der Waals surface area contributed by atoms with Gasteiger partial charge in [0.15, 0.2) is 0 Å². The standard InChI is InChI=1S/C14H15Cl2FN2/c1-14(2,3)9-5-8(6-10(15)12(9)17)11-7-19(4)13(16)18-11/h5-7H,1-4H3. The summed E-state index contributed by atoms with van der Waals surface area (Å²) in [4.78, 5) is 4.22. The van der Waals surface area contributed by atoms with Crippen molar-refractivity contribution in [3.05, 3.63) is 40.0 Å². The van der Waals surface area contributed by atoms with E-state index < -0.39 is 0 Å². The Labute approximate surface area is 122 Å². The van der Waals surface area contributed by atoms with E-state index in [1.54, 1.807) is 29.9 Å². The topological polar surface area (TPSA) is 17.8 Å². The van der Waals surface area contributed by atoms with Gasteiger partial charge in [-0.05, 0) is 34.7 Å². The molecule has 0 bridgehead atoms. The first-order valence-electron chi connectivity index (χ1n) is 5.89. The lowest BCUT2D eigenvalue weighted by atomic mass is 9.85. The molecule has 0 radical (unpaired) electrons. The van der Waals surface area contributed by atoms with Crippen molar-refractivity contribution in [3.63, 3.8) is 0 Å². The lowest BCUT2D eigenvalue weighted by Crippen LogP contribution is -2.14. The molecule has 0 aliphatic carbocycles. The number of imidazole rings is 1. The predicted molar refractivity (Wildman–Crippen MR) is 77.3 cm³/mol. The van der Waals surface area contributed by atoms with Gasteiger partial charge >= 0.3 is 0 Å². The molecule has 102 valence electrons. The molecule has 0 spiro atoms. The second-order valence-corrected chi connectivity index (χ2v) is 6.32. The monoisotopic (exact) mass is 300 g/mol. The number of nitrogens with zero attached hydrogens (tertiary/aromatic N) is 2. The third-order valence-electron chi connectivity index (χ3n) is 2.95. The van der Waals surface area contributed by atoms with Gasteiger partial charge in [0, 0.05) is 18.8 Å². The van der Waals surface area contributed by atoms with E-state index in [-0.39, 0.29) is 16.3 Å². The zero-order chi connectivity index (χ0) is 14.4. The van der Waals surface area contributed by atoms with E-state index in [1.807, 2.05) is 20.8 Å². The van der Waals surface area contributed by atoms with Crippen molar-refractivity contribution in [1.29, 1.82) is 0 Å². The van der Waals surface area contributed by atoms with Crippen molar-refractivity contribution >= 4 is 23.2 Å². The molecule has 1 aromatic heterocycles. The Morgan fingerprint density at radius 1 is 1.21 bits per heavy atom. The number of benzene rings is 1. The van der Waals surface area contributed by atoms with Crippen molar-refractivity contribution in [1.82, 2.24) is 9.55 Å². The van der Waals surface area contributed by atoms with Crippen LogP contribution < -0.4 is 0 Å². The van der Waals surface area contributed by atoms with Crippen LogP contribution in [0.2, 0.25) is 10.3 Å². The third-order valence-corrected chi connectivity index (χ3v) is 3.58. The van der Waals surface area contributed by atoms with Crippen LogP contribution in [0.5, 0.6) is 0 Å². The maximum atomic E-state index is 14.1. The van der Waals surface area contributed by atoms with Crippen LogP contribution in [-0.2, 0) is 12.5 Å². The van der Waals surface area contributed by atoms with Gasteiger partial charge in [0.1, 0.15) is 5.82 Å². The SMILES string of the molecule is Cn1cc(-c2cc(Cl)c(F)c(C(C)(C)C)c2)nc1Cl. The van der Waals surface area contributed by atoms with Crippen LogP contribution in [0, 0.1) is 5.82 Å². The molecule has 0 saturated carbocycles. The molecule has 0 amide bonds. The van der Waals surface area contributed by atoms with Gasteiger partial charge in [-0.3, -0.25) is 0 Å². The minimum atomic E-state index is -0.375. The molecular formula is C14H15Cl2FN2.